The van der Waals surface area contributed by atoms with E-state index in [-0.39, 0.29) is 0 Å². The zero-order valence-electron chi connectivity index (χ0n) is 13.7. The Morgan fingerprint density at radius 3 is 2.76 bits per heavy atom. The summed E-state index contributed by atoms with van der Waals surface area (Å²) in [5.41, 5.74) is 2.52. The van der Waals surface area contributed by atoms with E-state index in [9.17, 15) is 0 Å². The summed E-state index contributed by atoms with van der Waals surface area (Å²) in [7, 11) is 0. The Labute approximate surface area is 129 Å². The van der Waals surface area contributed by atoms with Crippen molar-refractivity contribution in [3.8, 4) is 0 Å². The summed E-state index contributed by atoms with van der Waals surface area (Å²) in [6, 6.07) is 5.14. The molecule has 0 unspecified atom stereocenters. The molecule has 2 rings (SSSR count). The van der Waals surface area contributed by atoms with Crippen molar-refractivity contribution in [2.75, 3.05) is 18.0 Å². The molecule has 0 aromatic carbocycles. The number of nitrogens with zero attached hydrogens (tertiary/aromatic N) is 2. The molecule has 0 amide bonds. The predicted octanol–water partition coefficient (Wildman–Crippen LogP) is 3.54. The Morgan fingerprint density at radius 1 is 1.43 bits per heavy atom. The third kappa shape index (κ3) is 4.85. The minimum atomic E-state index is 0.666. The van der Waals surface area contributed by atoms with Crippen LogP contribution in [-0.2, 0) is 13.0 Å². The van der Waals surface area contributed by atoms with Crippen LogP contribution in [0.15, 0.2) is 24.8 Å². The molecule has 1 aromatic heterocycles. The van der Waals surface area contributed by atoms with Crippen LogP contribution >= 0.6 is 0 Å². The molecule has 1 aromatic rings. The lowest BCUT2D eigenvalue weighted by molar-refractivity contribution is 0.552. The van der Waals surface area contributed by atoms with Gasteiger partial charge in [-0.15, -0.1) is 6.58 Å². The van der Waals surface area contributed by atoms with Crippen molar-refractivity contribution in [1.82, 2.24) is 10.3 Å². The van der Waals surface area contributed by atoms with Crippen LogP contribution in [0.2, 0.25) is 0 Å². The highest BCUT2D eigenvalue weighted by molar-refractivity contribution is 5.46. The molecule has 1 N–H and O–H groups in total. The number of nitrogens with one attached hydrogen (secondary N) is 1. The first kappa shape index (κ1) is 16.0. The van der Waals surface area contributed by atoms with Gasteiger partial charge in [0, 0.05) is 24.8 Å². The second-order valence-corrected chi connectivity index (χ2v) is 6.38. The molecule has 116 valence electrons. The maximum atomic E-state index is 4.83. The lowest BCUT2D eigenvalue weighted by Gasteiger charge is -2.23. The van der Waals surface area contributed by atoms with Gasteiger partial charge in [-0.2, -0.15) is 0 Å². The van der Waals surface area contributed by atoms with Crippen LogP contribution in [0.1, 0.15) is 44.9 Å². The Kier molecular flexibility index (Phi) is 5.80. The van der Waals surface area contributed by atoms with Crippen LogP contribution < -0.4 is 10.2 Å². The van der Waals surface area contributed by atoms with Gasteiger partial charge < -0.3 is 10.2 Å². The molecule has 1 aliphatic carbocycles. The van der Waals surface area contributed by atoms with E-state index in [1.54, 1.807) is 0 Å². The minimum absolute atomic E-state index is 0.666. The molecule has 0 atom stereocenters. The average Bonchev–Trinajstić information content (AvgIpc) is 3.28. The highest BCUT2D eigenvalue weighted by Gasteiger charge is 2.29. The maximum absolute atomic E-state index is 4.83. The van der Waals surface area contributed by atoms with Gasteiger partial charge in [-0.1, -0.05) is 26.8 Å². The summed E-state index contributed by atoms with van der Waals surface area (Å²) in [5, 5.41) is 3.53. The molecule has 1 fully saturated rings. The van der Waals surface area contributed by atoms with E-state index in [4.69, 9.17) is 4.98 Å². The third-order valence-corrected chi connectivity index (χ3v) is 3.78. The van der Waals surface area contributed by atoms with Crippen LogP contribution in [0.3, 0.4) is 0 Å². The fourth-order valence-corrected chi connectivity index (χ4v) is 2.52. The Hall–Kier alpha value is -1.35. The van der Waals surface area contributed by atoms with Crippen molar-refractivity contribution < 1.29 is 0 Å². The lowest BCUT2D eigenvalue weighted by atomic mass is 10.1. The molecule has 1 heterocycles. The van der Waals surface area contributed by atoms with Crippen molar-refractivity contribution in [2.24, 2.45) is 5.92 Å². The molecule has 0 bridgehead atoms. The van der Waals surface area contributed by atoms with Crippen molar-refractivity contribution in [3.63, 3.8) is 0 Å². The number of pyridine rings is 1. The van der Waals surface area contributed by atoms with Gasteiger partial charge in [0.25, 0.3) is 0 Å². The molecule has 0 aliphatic heterocycles. The number of hydrogen-bond acceptors (Lipinski definition) is 3. The zero-order valence-corrected chi connectivity index (χ0v) is 13.7. The van der Waals surface area contributed by atoms with Crippen molar-refractivity contribution >= 4 is 5.82 Å². The molecule has 0 radical (unpaired) electrons. The number of aryl methyl sites for hydroxylation is 1. The van der Waals surface area contributed by atoms with Gasteiger partial charge in [0.1, 0.15) is 5.82 Å². The molecule has 3 heteroatoms. The molecule has 1 saturated carbocycles. The predicted molar refractivity (Wildman–Crippen MR) is 90.7 cm³/mol. The second kappa shape index (κ2) is 7.60. The number of hydrogen-bond donors (Lipinski definition) is 1. The quantitative estimate of drug-likeness (QED) is 0.704. The fourth-order valence-electron chi connectivity index (χ4n) is 2.52. The normalized spacial score (nSPS) is 14.5. The second-order valence-electron chi connectivity index (χ2n) is 6.38. The fraction of sp³-hybridized carbons (Fsp3) is 0.611. The van der Waals surface area contributed by atoms with Crippen LogP contribution in [-0.4, -0.2) is 24.1 Å². The van der Waals surface area contributed by atoms with Gasteiger partial charge in [0.2, 0.25) is 0 Å². The minimum Gasteiger partial charge on any atom is -0.350 e. The van der Waals surface area contributed by atoms with E-state index in [0.29, 0.717) is 12.0 Å². The van der Waals surface area contributed by atoms with E-state index in [2.05, 4.69) is 49.7 Å². The maximum Gasteiger partial charge on any atom is 0.129 e. The van der Waals surface area contributed by atoms with Gasteiger partial charge in [-0.3, -0.25) is 0 Å². The number of rotatable bonds is 9. The van der Waals surface area contributed by atoms with Gasteiger partial charge in [-0.25, -0.2) is 4.98 Å². The lowest BCUT2D eigenvalue weighted by Crippen LogP contribution is -2.27. The van der Waals surface area contributed by atoms with Crippen molar-refractivity contribution in [2.45, 2.75) is 52.6 Å². The molecule has 3 nitrogen and oxygen atoms in total. The van der Waals surface area contributed by atoms with Crippen LogP contribution in [0, 0.1) is 5.92 Å². The molecular weight excluding hydrogens is 258 g/mol. The number of anilines is 1. The van der Waals surface area contributed by atoms with E-state index >= 15 is 0 Å². The topological polar surface area (TPSA) is 28.2 Å². The first-order valence-corrected chi connectivity index (χ1v) is 8.22. The smallest absolute Gasteiger partial charge is 0.129 e. The summed E-state index contributed by atoms with van der Waals surface area (Å²) < 4.78 is 0. The van der Waals surface area contributed by atoms with Gasteiger partial charge in [-0.05, 0) is 49.4 Å². The molecular formula is C18H29N3. The highest BCUT2D eigenvalue weighted by atomic mass is 15.2. The first-order chi connectivity index (χ1) is 10.1. The Morgan fingerprint density at radius 2 is 2.19 bits per heavy atom. The summed E-state index contributed by atoms with van der Waals surface area (Å²) in [5.74, 6) is 1.80. The molecule has 0 saturated heterocycles. The van der Waals surface area contributed by atoms with Crippen LogP contribution in [0.4, 0.5) is 5.82 Å². The third-order valence-electron chi connectivity index (χ3n) is 3.78. The summed E-state index contributed by atoms with van der Waals surface area (Å²) >= 11 is 0. The van der Waals surface area contributed by atoms with E-state index in [0.717, 1.165) is 31.9 Å². The van der Waals surface area contributed by atoms with E-state index in [1.165, 1.54) is 24.1 Å². The van der Waals surface area contributed by atoms with Crippen LogP contribution in [0.5, 0.6) is 0 Å². The Balaban J connectivity index is 2.13. The van der Waals surface area contributed by atoms with Gasteiger partial charge in [0.15, 0.2) is 0 Å². The van der Waals surface area contributed by atoms with Gasteiger partial charge in [0.05, 0.1) is 0 Å². The van der Waals surface area contributed by atoms with Crippen molar-refractivity contribution in [1.29, 1.82) is 0 Å². The number of aromatic nitrogens is 1. The first-order valence-electron chi connectivity index (χ1n) is 8.22. The summed E-state index contributed by atoms with van der Waals surface area (Å²) in [4.78, 5) is 7.23. The summed E-state index contributed by atoms with van der Waals surface area (Å²) in [6.07, 6.45) is 5.53. The monoisotopic (exact) mass is 287 g/mol. The largest absolute Gasteiger partial charge is 0.350 e. The highest BCUT2D eigenvalue weighted by Crippen LogP contribution is 2.31. The SMILES string of the molecule is C=CCN(c1cc(CNCC(C)C)cc(CC)n1)C1CC1. The summed E-state index contributed by atoms with van der Waals surface area (Å²) in [6.45, 7) is 13.4. The van der Waals surface area contributed by atoms with Crippen molar-refractivity contribution in [3.05, 3.63) is 36.0 Å². The molecule has 0 spiro atoms. The molecule has 1 aliphatic rings. The van der Waals surface area contributed by atoms with E-state index in [1.807, 2.05) is 6.08 Å². The standard InChI is InChI=1S/C18H29N3/c1-5-9-21(17-7-8-17)18-11-15(10-16(6-2)20-18)13-19-12-14(3)4/h5,10-11,14,17,19H,1,6-9,12-13H2,2-4H3. The average molecular weight is 287 g/mol. The molecule has 21 heavy (non-hydrogen) atoms. The van der Waals surface area contributed by atoms with Crippen LogP contribution in [0.25, 0.3) is 0 Å². The zero-order chi connectivity index (χ0) is 15.2. The van der Waals surface area contributed by atoms with Gasteiger partial charge >= 0.3 is 0 Å². The Bertz CT molecular complexity index is 464. The van der Waals surface area contributed by atoms with E-state index < -0.39 is 0 Å².